The SMILES string of the molecule is CC(c1ccc(S(C)(=O)=O)cc1)N(C)Cc1ccc(OC(F)(F)F)cc1. The van der Waals surface area contributed by atoms with Gasteiger partial charge < -0.3 is 4.74 Å². The van der Waals surface area contributed by atoms with Crippen LogP contribution in [0.25, 0.3) is 0 Å². The van der Waals surface area contributed by atoms with Gasteiger partial charge in [0.1, 0.15) is 5.75 Å². The van der Waals surface area contributed by atoms with Gasteiger partial charge in [-0.15, -0.1) is 13.2 Å². The third-order valence-electron chi connectivity index (χ3n) is 4.04. The van der Waals surface area contributed by atoms with Gasteiger partial charge in [0.25, 0.3) is 0 Å². The van der Waals surface area contributed by atoms with Crippen molar-refractivity contribution in [1.82, 2.24) is 4.90 Å². The van der Waals surface area contributed by atoms with E-state index in [1.807, 2.05) is 18.9 Å². The second-order valence-electron chi connectivity index (χ2n) is 6.12. The molecule has 0 N–H and O–H groups in total. The monoisotopic (exact) mass is 387 g/mol. The molecule has 0 aliphatic rings. The van der Waals surface area contributed by atoms with Crippen molar-refractivity contribution in [1.29, 1.82) is 0 Å². The van der Waals surface area contributed by atoms with E-state index in [2.05, 4.69) is 4.74 Å². The van der Waals surface area contributed by atoms with Crippen LogP contribution in [-0.2, 0) is 16.4 Å². The van der Waals surface area contributed by atoms with Gasteiger partial charge in [0, 0.05) is 18.8 Å². The van der Waals surface area contributed by atoms with Gasteiger partial charge in [0.15, 0.2) is 9.84 Å². The van der Waals surface area contributed by atoms with Gasteiger partial charge in [-0.05, 0) is 49.4 Å². The third-order valence-corrected chi connectivity index (χ3v) is 5.17. The number of ether oxygens (including phenoxy) is 1. The number of halogens is 3. The number of benzene rings is 2. The van der Waals surface area contributed by atoms with Crippen LogP contribution in [0.5, 0.6) is 5.75 Å². The first kappa shape index (κ1) is 20.3. The first-order valence-corrected chi connectivity index (χ1v) is 9.70. The van der Waals surface area contributed by atoms with E-state index in [1.165, 1.54) is 12.1 Å². The number of hydrogen-bond acceptors (Lipinski definition) is 4. The van der Waals surface area contributed by atoms with E-state index in [9.17, 15) is 21.6 Å². The van der Waals surface area contributed by atoms with Crippen molar-refractivity contribution in [2.45, 2.75) is 30.8 Å². The van der Waals surface area contributed by atoms with Crippen molar-refractivity contribution in [3.05, 3.63) is 59.7 Å². The van der Waals surface area contributed by atoms with Gasteiger partial charge in [-0.25, -0.2) is 8.42 Å². The zero-order valence-electron chi connectivity index (χ0n) is 14.6. The van der Waals surface area contributed by atoms with Crippen molar-refractivity contribution >= 4 is 9.84 Å². The maximum Gasteiger partial charge on any atom is 0.573 e. The van der Waals surface area contributed by atoms with Gasteiger partial charge in [-0.1, -0.05) is 24.3 Å². The van der Waals surface area contributed by atoms with Crippen LogP contribution in [0, 0.1) is 0 Å². The fourth-order valence-electron chi connectivity index (χ4n) is 2.47. The summed E-state index contributed by atoms with van der Waals surface area (Å²) >= 11 is 0. The normalized spacial score (nSPS) is 13.7. The van der Waals surface area contributed by atoms with Crippen LogP contribution in [-0.4, -0.2) is 33.0 Å². The quantitative estimate of drug-likeness (QED) is 0.746. The predicted molar refractivity (Wildman–Crippen MR) is 92.6 cm³/mol. The third kappa shape index (κ3) is 5.74. The van der Waals surface area contributed by atoms with Crippen molar-refractivity contribution < 1.29 is 26.3 Å². The van der Waals surface area contributed by atoms with Crippen LogP contribution < -0.4 is 4.74 Å². The summed E-state index contributed by atoms with van der Waals surface area (Å²) in [4.78, 5) is 2.27. The highest BCUT2D eigenvalue weighted by Crippen LogP contribution is 2.25. The highest BCUT2D eigenvalue weighted by atomic mass is 32.2. The van der Waals surface area contributed by atoms with Gasteiger partial charge in [-0.3, -0.25) is 4.90 Å². The molecule has 0 aromatic heterocycles. The molecule has 142 valence electrons. The molecule has 26 heavy (non-hydrogen) atoms. The first-order valence-electron chi connectivity index (χ1n) is 7.80. The minimum absolute atomic E-state index is 0.00490. The average molecular weight is 387 g/mol. The van der Waals surface area contributed by atoms with Crippen molar-refractivity contribution in [3.8, 4) is 5.75 Å². The average Bonchev–Trinajstić information content (AvgIpc) is 2.54. The Morgan fingerprint density at radius 3 is 2.04 bits per heavy atom. The zero-order valence-corrected chi connectivity index (χ0v) is 15.4. The molecule has 0 fully saturated rings. The second kappa shape index (κ2) is 7.67. The largest absolute Gasteiger partial charge is 0.573 e. The fraction of sp³-hybridized carbons (Fsp3) is 0.333. The Bertz CT molecular complexity index is 831. The van der Waals surface area contributed by atoms with Crippen molar-refractivity contribution in [2.75, 3.05) is 13.3 Å². The van der Waals surface area contributed by atoms with E-state index in [1.54, 1.807) is 36.4 Å². The lowest BCUT2D eigenvalue weighted by Crippen LogP contribution is -2.22. The Morgan fingerprint density at radius 1 is 1.04 bits per heavy atom. The Kier molecular flexibility index (Phi) is 5.98. The topological polar surface area (TPSA) is 46.6 Å². The molecule has 0 aliphatic heterocycles. The lowest BCUT2D eigenvalue weighted by molar-refractivity contribution is -0.274. The maximum absolute atomic E-state index is 12.2. The molecule has 0 saturated carbocycles. The summed E-state index contributed by atoms with van der Waals surface area (Å²) in [5.41, 5.74) is 1.78. The Morgan fingerprint density at radius 2 is 1.58 bits per heavy atom. The van der Waals surface area contributed by atoms with Gasteiger partial charge in [-0.2, -0.15) is 0 Å². The zero-order chi connectivity index (χ0) is 19.5. The summed E-state index contributed by atoms with van der Waals surface area (Å²) in [6, 6.07) is 12.4. The molecule has 1 unspecified atom stereocenters. The molecule has 4 nitrogen and oxygen atoms in total. The Hall–Kier alpha value is -2.06. The van der Waals surface area contributed by atoms with E-state index >= 15 is 0 Å². The van der Waals surface area contributed by atoms with E-state index < -0.39 is 16.2 Å². The van der Waals surface area contributed by atoms with Crippen molar-refractivity contribution in [3.63, 3.8) is 0 Å². The molecule has 0 spiro atoms. The maximum atomic E-state index is 12.2. The van der Waals surface area contributed by atoms with Gasteiger partial charge >= 0.3 is 6.36 Å². The van der Waals surface area contributed by atoms with E-state index in [-0.39, 0.29) is 16.7 Å². The summed E-state index contributed by atoms with van der Waals surface area (Å²) < 4.78 is 63.4. The van der Waals surface area contributed by atoms with Gasteiger partial charge in [0.05, 0.1) is 4.90 Å². The fourth-order valence-corrected chi connectivity index (χ4v) is 3.10. The van der Waals surface area contributed by atoms with E-state index in [4.69, 9.17) is 0 Å². The highest BCUT2D eigenvalue weighted by Gasteiger charge is 2.30. The number of nitrogens with zero attached hydrogens (tertiary/aromatic N) is 1. The van der Waals surface area contributed by atoms with Crippen LogP contribution in [0.1, 0.15) is 24.1 Å². The van der Waals surface area contributed by atoms with E-state index in [0.717, 1.165) is 17.4 Å². The smallest absolute Gasteiger partial charge is 0.406 e. The molecule has 0 amide bonds. The first-order chi connectivity index (χ1) is 12.0. The second-order valence-corrected chi connectivity index (χ2v) is 8.14. The summed E-state index contributed by atoms with van der Waals surface area (Å²) in [5, 5.41) is 0. The molecule has 0 heterocycles. The molecular formula is C18H20F3NO3S. The lowest BCUT2D eigenvalue weighted by atomic mass is 10.1. The Labute approximate surface area is 151 Å². The van der Waals surface area contributed by atoms with Crippen LogP contribution >= 0.6 is 0 Å². The lowest BCUT2D eigenvalue weighted by Gasteiger charge is -2.25. The Balaban J connectivity index is 2.03. The summed E-state index contributed by atoms with van der Waals surface area (Å²) in [6.45, 7) is 2.48. The summed E-state index contributed by atoms with van der Waals surface area (Å²) in [7, 11) is -1.35. The minimum atomic E-state index is -4.70. The van der Waals surface area contributed by atoms with Crippen LogP contribution in [0.3, 0.4) is 0 Å². The van der Waals surface area contributed by atoms with E-state index in [0.29, 0.717) is 6.54 Å². The standard InChI is InChI=1S/C18H20F3NO3S/c1-13(15-6-10-17(11-7-15)26(3,23)24)22(2)12-14-4-8-16(9-5-14)25-18(19,20)21/h4-11,13H,12H2,1-3H3. The molecular weight excluding hydrogens is 367 g/mol. The molecule has 2 rings (SSSR count). The number of sulfone groups is 1. The van der Waals surface area contributed by atoms with Crippen LogP contribution in [0.15, 0.2) is 53.4 Å². The number of rotatable bonds is 6. The molecule has 2 aromatic rings. The van der Waals surface area contributed by atoms with Gasteiger partial charge in [0.2, 0.25) is 0 Å². The molecule has 0 saturated heterocycles. The molecule has 2 aromatic carbocycles. The molecule has 0 bridgehead atoms. The molecule has 0 aliphatic carbocycles. The number of alkyl halides is 3. The highest BCUT2D eigenvalue weighted by molar-refractivity contribution is 7.90. The summed E-state index contributed by atoms with van der Waals surface area (Å²) in [6.07, 6.45) is -3.55. The molecule has 8 heteroatoms. The van der Waals surface area contributed by atoms with Crippen LogP contribution in [0.2, 0.25) is 0 Å². The molecule has 0 radical (unpaired) electrons. The molecule has 1 atom stereocenters. The van der Waals surface area contributed by atoms with Crippen molar-refractivity contribution in [2.24, 2.45) is 0 Å². The summed E-state index contributed by atoms with van der Waals surface area (Å²) in [5.74, 6) is -0.256. The van der Waals surface area contributed by atoms with Crippen LogP contribution in [0.4, 0.5) is 13.2 Å². The minimum Gasteiger partial charge on any atom is -0.406 e. The number of hydrogen-bond donors (Lipinski definition) is 0. The predicted octanol–water partition coefficient (Wildman–Crippen LogP) is 4.18.